The zero-order chi connectivity index (χ0) is 15.2. The number of anilines is 1. The minimum Gasteiger partial charge on any atom is -0.367 e. The Morgan fingerprint density at radius 3 is 2.71 bits per heavy atom. The van der Waals surface area contributed by atoms with Crippen LogP contribution in [0.2, 0.25) is 0 Å². The molecule has 0 spiro atoms. The van der Waals surface area contributed by atoms with Crippen molar-refractivity contribution in [3.05, 3.63) is 35.4 Å². The van der Waals surface area contributed by atoms with Gasteiger partial charge in [-0.05, 0) is 27.5 Å². The number of amides is 1. The molecule has 1 heterocycles. The van der Waals surface area contributed by atoms with Gasteiger partial charge in [0.25, 0.3) is 5.91 Å². The second-order valence-corrected chi connectivity index (χ2v) is 4.81. The van der Waals surface area contributed by atoms with Crippen molar-refractivity contribution in [3.8, 4) is 0 Å². The van der Waals surface area contributed by atoms with E-state index in [1.54, 1.807) is 6.21 Å². The Balaban J connectivity index is 1.87. The molecule has 1 amide bonds. The number of hydrogen-bond acceptors (Lipinski definition) is 6. The maximum atomic E-state index is 11.6. The number of carbonyl (C=O) groups excluding carboxylic acids is 1. The van der Waals surface area contributed by atoms with Gasteiger partial charge in [-0.15, -0.1) is 0 Å². The third kappa shape index (κ3) is 4.10. The lowest BCUT2D eigenvalue weighted by Gasteiger charge is -2.04. The van der Waals surface area contributed by atoms with Crippen LogP contribution >= 0.6 is 0 Å². The number of hydrogen-bond donors (Lipinski definition) is 2. The van der Waals surface area contributed by atoms with Crippen LogP contribution in [0, 0.1) is 0 Å². The van der Waals surface area contributed by atoms with Gasteiger partial charge in [0.2, 0.25) is 5.95 Å². The van der Waals surface area contributed by atoms with Crippen LogP contribution in [0.1, 0.15) is 30.9 Å². The number of nitrogens with zero attached hydrogens (tertiary/aromatic N) is 5. The highest BCUT2D eigenvalue weighted by molar-refractivity contribution is 5.82. The normalized spacial score (nSPS) is 11.2. The first-order valence-corrected chi connectivity index (χ1v) is 6.50. The van der Waals surface area contributed by atoms with Crippen molar-refractivity contribution in [1.82, 2.24) is 25.6 Å². The highest BCUT2D eigenvalue weighted by atomic mass is 16.2. The lowest BCUT2D eigenvalue weighted by atomic mass is 10.0. The van der Waals surface area contributed by atoms with E-state index >= 15 is 0 Å². The van der Waals surface area contributed by atoms with Crippen molar-refractivity contribution in [2.45, 2.75) is 26.3 Å². The summed E-state index contributed by atoms with van der Waals surface area (Å²) >= 11 is 0. The summed E-state index contributed by atoms with van der Waals surface area (Å²) in [6.07, 6.45) is 1.57. The largest absolute Gasteiger partial charge is 0.367 e. The van der Waals surface area contributed by atoms with E-state index in [0.717, 1.165) is 5.56 Å². The van der Waals surface area contributed by atoms with Crippen molar-refractivity contribution >= 4 is 18.1 Å². The Bertz CT molecular complexity index is 630. The second-order valence-electron chi connectivity index (χ2n) is 4.81. The molecule has 110 valence electrons. The first-order valence-electron chi connectivity index (χ1n) is 6.50. The number of tetrazole rings is 1. The van der Waals surface area contributed by atoms with Gasteiger partial charge in [-0.3, -0.25) is 4.79 Å². The average molecular weight is 287 g/mol. The summed E-state index contributed by atoms with van der Waals surface area (Å²) in [5, 5.41) is 14.3. The Labute approximate surface area is 122 Å². The highest BCUT2D eigenvalue weighted by Crippen LogP contribution is 2.13. The summed E-state index contributed by atoms with van der Waals surface area (Å²) in [5.74, 6) is 0.208. The average Bonchev–Trinajstić information content (AvgIpc) is 2.85. The van der Waals surface area contributed by atoms with E-state index < -0.39 is 0 Å². The molecule has 0 fully saturated rings. The SMILES string of the molecule is CC(C)c1ccc(/C=N/NC(=O)Cn2nnnc2N)cc1. The second kappa shape index (κ2) is 6.60. The highest BCUT2D eigenvalue weighted by Gasteiger charge is 2.06. The molecule has 1 aromatic carbocycles. The summed E-state index contributed by atoms with van der Waals surface area (Å²) in [6, 6.07) is 7.97. The van der Waals surface area contributed by atoms with Crippen LogP contribution in [0.15, 0.2) is 29.4 Å². The van der Waals surface area contributed by atoms with E-state index in [1.807, 2.05) is 24.3 Å². The zero-order valence-electron chi connectivity index (χ0n) is 11.9. The number of nitrogen functional groups attached to an aromatic ring is 1. The van der Waals surface area contributed by atoms with Gasteiger partial charge in [0, 0.05) is 0 Å². The summed E-state index contributed by atoms with van der Waals surface area (Å²) in [5.41, 5.74) is 10.0. The van der Waals surface area contributed by atoms with Crippen molar-refractivity contribution in [1.29, 1.82) is 0 Å². The van der Waals surface area contributed by atoms with Gasteiger partial charge in [-0.2, -0.15) is 5.10 Å². The van der Waals surface area contributed by atoms with E-state index in [0.29, 0.717) is 5.92 Å². The van der Waals surface area contributed by atoms with Gasteiger partial charge in [0.1, 0.15) is 6.54 Å². The molecule has 2 aromatic rings. The van der Waals surface area contributed by atoms with Crippen molar-refractivity contribution in [2.24, 2.45) is 5.10 Å². The number of benzene rings is 1. The third-order valence-corrected chi connectivity index (χ3v) is 2.86. The van der Waals surface area contributed by atoms with Gasteiger partial charge in [-0.1, -0.05) is 43.2 Å². The van der Waals surface area contributed by atoms with Gasteiger partial charge >= 0.3 is 0 Å². The Morgan fingerprint density at radius 1 is 1.43 bits per heavy atom. The number of rotatable bonds is 5. The summed E-state index contributed by atoms with van der Waals surface area (Å²) in [7, 11) is 0. The first-order chi connectivity index (χ1) is 10.1. The predicted molar refractivity (Wildman–Crippen MR) is 78.5 cm³/mol. The van der Waals surface area contributed by atoms with Crippen LogP contribution in [0.3, 0.4) is 0 Å². The van der Waals surface area contributed by atoms with Crippen LogP contribution in [-0.2, 0) is 11.3 Å². The molecule has 0 bridgehead atoms. The number of aromatic nitrogens is 4. The molecule has 0 unspecified atom stereocenters. The molecule has 0 aliphatic carbocycles. The van der Waals surface area contributed by atoms with Crippen LogP contribution in [0.25, 0.3) is 0 Å². The molecule has 0 saturated heterocycles. The topological polar surface area (TPSA) is 111 Å². The molecule has 0 atom stereocenters. The maximum absolute atomic E-state index is 11.6. The van der Waals surface area contributed by atoms with Crippen LogP contribution < -0.4 is 11.2 Å². The lowest BCUT2D eigenvalue weighted by Crippen LogP contribution is -2.24. The first kappa shape index (κ1) is 14.6. The number of hydrazone groups is 1. The molecule has 1 aromatic heterocycles. The molecule has 8 nitrogen and oxygen atoms in total. The quantitative estimate of drug-likeness (QED) is 0.615. The maximum Gasteiger partial charge on any atom is 0.261 e. The number of carbonyl (C=O) groups is 1. The van der Waals surface area contributed by atoms with Crippen molar-refractivity contribution < 1.29 is 4.79 Å². The molecule has 21 heavy (non-hydrogen) atoms. The molecule has 2 rings (SSSR count). The molecular formula is C13H17N7O. The Hall–Kier alpha value is -2.77. The van der Waals surface area contributed by atoms with Gasteiger partial charge in [0.05, 0.1) is 6.21 Å². The van der Waals surface area contributed by atoms with Crippen LogP contribution in [0.4, 0.5) is 5.95 Å². The Morgan fingerprint density at radius 2 is 2.14 bits per heavy atom. The van der Waals surface area contributed by atoms with Crippen molar-refractivity contribution in [2.75, 3.05) is 5.73 Å². The monoisotopic (exact) mass is 287 g/mol. The standard InChI is InChI=1S/C13H17N7O/c1-9(2)11-5-3-10(4-6-11)7-15-16-12(21)8-20-13(14)17-18-19-20/h3-7,9H,8H2,1-2H3,(H,16,21)(H2,14,17,19)/b15-7+. The van der Waals surface area contributed by atoms with E-state index in [2.05, 4.69) is 39.9 Å². The minimum absolute atomic E-state index is 0.0809. The number of nitrogens with one attached hydrogen (secondary N) is 1. The van der Waals surface area contributed by atoms with Crippen LogP contribution in [0.5, 0.6) is 0 Å². The summed E-state index contributed by atoms with van der Waals surface area (Å²) in [4.78, 5) is 11.6. The van der Waals surface area contributed by atoms with Crippen molar-refractivity contribution in [3.63, 3.8) is 0 Å². The van der Waals surface area contributed by atoms with E-state index in [9.17, 15) is 4.79 Å². The van der Waals surface area contributed by atoms with Gasteiger partial charge in [0.15, 0.2) is 0 Å². The summed E-state index contributed by atoms with van der Waals surface area (Å²) in [6.45, 7) is 4.19. The fourth-order valence-corrected chi connectivity index (χ4v) is 1.64. The smallest absolute Gasteiger partial charge is 0.261 e. The van der Waals surface area contributed by atoms with Crippen LogP contribution in [-0.4, -0.2) is 32.3 Å². The van der Waals surface area contributed by atoms with E-state index in [-0.39, 0.29) is 18.4 Å². The minimum atomic E-state index is -0.357. The zero-order valence-corrected chi connectivity index (χ0v) is 11.9. The lowest BCUT2D eigenvalue weighted by molar-refractivity contribution is -0.121. The molecule has 0 saturated carbocycles. The fraction of sp³-hybridized carbons (Fsp3) is 0.308. The van der Waals surface area contributed by atoms with E-state index in [4.69, 9.17) is 5.73 Å². The summed E-state index contributed by atoms with van der Waals surface area (Å²) < 4.78 is 1.18. The van der Waals surface area contributed by atoms with E-state index in [1.165, 1.54) is 10.2 Å². The number of nitrogens with two attached hydrogens (primary N) is 1. The molecule has 0 aliphatic rings. The molecule has 0 radical (unpaired) electrons. The molecule has 3 N–H and O–H groups in total. The Kier molecular flexibility index (Phi) is 4.60. The van der Waals surface area contributed by atoms with Gasteiger partial charge < -0.3 is 5.73 Å². The molecule has 0 aliphatic heterocycles. The molecular weight excluding hydrogens is 270 g/mol. The third-order valence-electron chi connectivity index (χ3n) is 2.86. The molecule has 8 heteroatoms. The predicted octanol–water partition coefficient (Wildman–Crippen LogP) is 0.529. The fourth-order valence-electron chi connectivity index (χ4n) is 1.64. The van der Waals surface area contributed by atoms with Gasteiger partial charge in [-0.25, -0.2) is 10.1 Å².